The van der Waals surface area contributed by atoms with Crippen molar-refractivity contribution >= 4 is 11.9 Å². The van der Waals surface area contributed by atoms with E-state index in [4.69, 9.17) is 10.2 Å². The van der Waals surface area contributed by atoms with Gasteiger partial charge in [0.05, 0.1) is 5.92 Å². The summed E-state index contributed by atoms with van der Waals surface area (Å²) < 4.78 is 4.35. The summed E-state index contributed by atoms with van der Waals surface area (Å²) in [5.74, 6) is -1.57. The van der Waals surface area contributed by atoms with Gasteiger partial charge in [-0.3, -0.25) is 4.79 Å². The molecule has 0 aliphatic heterocycles. The summed E-state index contributed by atoms with van der Waals surface area (Å²) in [5, 5.41) is 16.7. The Kier molecular flexibility index (Phi) is 9.87. The third-order valence-corrected chi connectivity index (χ3v) is 1.26. The SMILES string of the molecule is C=CC(=O)OC(O)CC.CC(C)C(=O)O. The fourth-order valence-electron chi connectivity index (χ4n) is 0.266. The molecule has 0 spiro atoms. The Balaban J connectivity index is 0. The zero-order valence-corrected chi connectivity index (χ0v) is 9.27. The lowest BCUT2D eigenvalue weighted by molar-refractivity contribution is -0.161. The number of carboxylic acids is 1. The molecule has 0 saturated heterocycles. The summed E-state index contributed by atoms with van der Waals surface area (Å²) in [6.45, 7) is 8.15. The molecule has 0 saturated carbocycles. The Morgan fingerprint density at radius 1 is 1.47 bits per heavy atom. The van der Waals surface area contributed by atoms with Crippen molar-refractivity contribution < 1.29 is 24.5 Å². The van der Waals surface area contributed by atoms with Crippen molar-refractivity contribution in [1.29, 1.82) is 0 Å². The molecule has 1 unspecified atom stereocenters. The molecule has 0 aromatic heterocycles. The second kappa shape index (κ2) is 9.21. The summed E-state index contributed by atoms with van der Waals surface area (Å²) in [7, 11) is 0. The Labute approximate surface area is 89.4 Å². The van der Waals surface area contributed by atoms with E-state index in [1.165, 1.54) is 0 Å². The molecule has 0 heterocycles. The fourth-order valence-corrected chi connectivity index (χ4v) is 0.266. The van der Waals surface area contributed by atoms with Gasteiger partial charge in [-0.25, -0.2) is 4.79 Å². The third kappa shape index (κ3) is 12.6. The molecule has 0 fully saturated rings. The van der Waals surface area contributed by atoms with Crippen molar-refractivity contribution in [3.05, 3.63) is 12.7 Å². The lowest BCUT2D eigenvalue weighted by Crippen LogP contribution is -2.14. The Hall–Kier alpha value is -1.36. The first-order valence-electron chi connectivity index (χ1n) is 4.59. The third-order valence-electron chi connectivity index (χ3n) is 1.26. The molecule has 0 radical (unpaired) electrons. The molecule has 0 amide bonds. The number of aliphatic hydroxyl groups is 1. The van der Waals surface area contributed by atoms with E-state index in [-0.39, 0.29) is 5.92 Å². The van der Waals surface area contributed by atoms with Gasteiger partial charge in [0.25, 0.3) is 0 Å². The van der Waals surface area contributed by atoms with E-state index in [9.17, 15) is 9.59 Å². The summed E-state index contributed by atoms with van der Waals surface area (Å²) >= 11 is 0. The first-order chi connectivity index (χ1) is 6.84. The number of aliphatic carboxylic acids is 1. The number of hydrogen-bond acceptors (Lipinski definition) is 4. The summed E-state index contributed by atoms with van der Waals surface area (Å²) in [5.41, 5.74) is 0. The van der Waals surface area contributed by atoms with Crippen LogP contribution in [-0.2, 0) is 14.3 Å². The normalized spacial score (nSPS) is 11.0. The zero-order chi connectivity index (χ0) is 12.4. The summed E-state index contributed by atoms with van der Waals surface area (Å²) in [6.07, 6.45) is 0.425. The number of esters is 1. The lowest BCUT2D eigenvalue weighted by atomic mass is 10.2. The topological polar surface area (TPSA) is 83.8 Å². The standard InChI is InChI=1S/C6H10O3.C4H8O2/c1-3-5(7)9-6(8)4-2;1-3(2)4(5)6/h3,6,8H,1,4H2,2H3;3H,1-2H3,(H,5,6). The predicted octanol–water partition coefficient (Wildman–Crippen LogP) is 1.17. The van der Waals surface area contributed by atoms with Gasteiger partial charge in [0.2, 0.25) is 6.29 Å². The van der Waals surface area contributed by atoms with Crippen LogP contribution in [0.15, 0.2) is 12.7 Å². The Bertz CT molecular complexity index is 210. The van der Waals surface area contributed by atoms with Crippen LogP contribution in [0, 0.1) is 5.92 Å². The van der Waals surface area contributed by atoms with Gasteiger partial charge in [0.15, 0.2) is 0 Å². The van der Waals surface area contributed by atoms with Crippen LogP contribution in [0.1, 0.15) is 27.2 Å². The molecular formula is C10H18O5. The van der Waals surface area contributed by atoms with E-state index in [1.54, 1.807) is 20.8 Å². The first kappa shape index (κ1) is 16.1. The van der Waals surface area contributed by atoms with Crippen LogP contribution in [0.5, 0.6) is 0 Å². The molecule has 0 aromatic rings. The summed E-state index contributed by atoms with van der Waals surface area (Å²) in [6, 6.07) is 0. The molecule has 5 nitrogen and oxygen atoms in total. The number of carbonyl (C=O) groups is 2. The minimum atomic E-state index is -0.990. The van der Waals surface area contributed by atoms with E-state index >= 15 is 0 Å². The zero-order valence-electron chi connectivity index (χ0n) is 9.27. The highest BCUT2D eigenvalue weighted by atomic mass is 16.6. The maximum Gasteiger partial charge on any atom is 0.332 e. The van der Waals surface area contributed by atoms with Crippen LogP contribution in [0.4, 0.5) is 0 Å². The minimum absolute atomic E-state index is 0.231. The number of carboxylic acid groups (broad SMARTS) is 1. The van der Waals surface area contributed by atoms with Gasteiger partial charge >= 0.3 is 11.9 Å². The van der Waals surface area contributed by atoms with Crippen LogP contribution in [0.2, 0.25) is 0 Å². The van der Waals surface area contributed by atoms with Crippen molar-refractivity contribution in [2.24, 2.45) is 5.92 Å². The van der Waals surface area contributed by atoms with Crippen molar-refractivity contribution in [2.75, 3.05) is 0 Å². The van der Waals surface area contributed by atoms with Crippen LogP contribution in [-0.4, -0.2) is 28.4 Å². The summed E-state index contributed by atoms with van der Waals surface area (Å²) in [4.78, 5) is 20.0. The van der Waals surface area contributed by atoms with E-state index in [2.05, 4.69) is 11.3 Å². The fraction of sp³-hybridized carbons (Fsp3) is 0.600. The maximum absolute atomic E-state index is 10.3. The molecule has 0 rings (SSSR count). The van der Waals surface area contributed by atoms with Gasteiger partial charge in [-0.05, 0) is 0 Å². The van der Waals surface area contributed by atoms with Crippen molar-refractivity contribution in [3.63, 3.8) is 0 Å². The van der Waals surface area contributed by atoms with Crippen LogP contribution < -0.4 is 0 Å². The van der Waals surface area contributed by atoms with Gasteiger partial charge < -0.3 is 14.9 Å². The average molecular weight is 218 g/mol. The highest BCUT2D eigenvalue weighted by Crippen LogP contribution is 1.92. The molecule has 2 N–H and O–H groups in total. The molecule has 5 heteroatoms. The molecule has 0 aromatic carbocycles. The van der Waals surface area contributed by atoms with E-state index in [1.807, 2.05) is 0 Å². The monoisotopic (exact) mass is 218 g/mol. The first-order valence-corrected chi connectivity index (χ1v) is 4.59. The smallest absolute Gasteiger partial charge is 0.332 e. The number of aliphatic hydroxyl groups excluding tert-OH is 1. The minimum Gasteiger partial charge on any atom is -0.481 e. The molecule has 0 aliphatic rings. The van der Waals surface area contributed by atoms with Gasteiger partial charge in [-0.15, -0.1) is 0 Å². The molecule has 88 valence electrons. The molecule has 0 bridgehead atoms. The highest BCUT2D eigenvalue weighted by molar-refractivity contribution is 5.81. The lowest BCUT2D eigenvalue weighted by Gasteiger charge is -2.05. The van der Waals surface area contributed by atoms with Gasteiger partial charge in [0.1, 0.15) is 0 Å². The number of hydrogen-bond donors (Lipinski definition) is 2. The van der Waals surface area contributed by atoms with Crippen LogP contribution in [0.25, 0.3) is 0 Å². The van der Waals surface area contributed by atoms with Gasteiger partial charge in [-0.2, -0.15) is 0 Å². The number of ether oxygens (including phenoxy) is 1. The maximum atomic E-state index is 10.3. The van der Waals surface area contributed by atoms with Crippen molar-refractivity contribution in [3.8, 4) is 0 Å². The molecule has 15 heavy (non-hydrogen) atoms. The van der Waals surface area contributed by atoms with Crippen LogP contribution >= 0.6 is 0 Å². The van der Waals surface area contributed by atoms with Crippen molar-refractivity contribution in [2.45, 2.75) is 33.5 Å². The van der Waals surface area contributed by atoms with E-state index in [0.29, 0.717) is 6.42 Å². The molecule has 0 aliphatic carbocycles. The van der Waals surface area contributed by atoms with E-state index in [0.717, 1.165) is 6.08 Å². The average Bonchev–Trinajstić information content (AvgIpc) is 2.18. The Morgan fingerprint density at radius 3 is 2.07 bits per heavy atom. The number of carbonyl (C=O) groups excluding carboxylic acids is 1. The highest BCUT2D eigenvalue weighted by Gasteiger charge is 2.02. The van der Waals surface area contributed by atoms with Gasteiger partial charge in [0, 0.05) is 12.5 Å². The van der Waals surface area contributed by atoms with Crippen LogP contribution in [0.3, 0.4) is 0 Å². The molecule has 1 atom stereocenters. The molecular weight excluding hydrogens is 200 g/mol. The largest absolute Gasteiger partial charge is 0.481 e. The predicted molar refractivity (Wildman–Crippen MR) is 55.1 cm³/mol. The second-order valence-electron chi connectivity index (χ2n) is 3.00. The second-order valence-corrected chi connectivity index (χ2v) is 3.00. The Morgan fingerprint density at radius 2 is 1.87 bits per heavy atom. The quantitative estimate of drug-likeness (QED) is 0.420. The van der Waals surface area contributed by atoms with E-state index < -0.39 is 18.2 Å². The number of rotatable bonds is 4. The van der Waals surface area contributed by atoms with Gasteiger partial charge in [-0.1, -0.05) is 27.4 Å². The van der Waals surface area contributed by atoms with Crippen molar-refractivity contribution in [1.82, 2.24) is 0 Å².